The summed E-state index contributed by atoms with van der Waals surface area (Å²) >= 11 is 0. The van der Waals surface area contributed by atoms with Crippen LogP contribution in [0.3, 0.4) is 0 Å². The van der Waals surface area contributed by atoms with Crippen molar-refractivity contribution in [3.8, 4) is 6.07 Å². The topological polar surface area (TPSA) is 147 Å². The third-order valence-corrected chi connectivity index (χ3v) is 5.79. The van der Waals surface area contributed by atoms with E-state index in [9.17, 15) is 19.2 Å². The second-order valence-electron chi connectivity index (χ2n) is 9.42. The summed E-state index contributed by atoms with van der Waals surface area (Å²) in [6, 6.07) is 17.1. The molecule has 0 unspecified atom stereocenters. The molecule has 0 aliphatic heterocycles. The summed E-state index contributed by atoms with van der Waals surface area (Å²) in [6.07, 6.45) is -0.227. The number of alkyl carbamates (subject to hydrolysis) is 1. The van der Waals surface area contributed by atoms with Crippen LogP contribution in [0.2, 0.25) is 0 Å². The van der Waals surface area contributed by atoms with Crippen molar-refractivity contribution >= 4 is 23.9 Å². The third-order valence-electron chi connectivity index (χ3n) is 5.79. The van der Waals surface area contributed by atoms with Gasteiger partial charge < -0.3 is 25.4 Å². The minimum atomic E-state index is -1.06. The van der Waals surface area contributed by atoms with Gasteiger partial charge in [-0.3, -0.25) is 9.59 Å². The van der Waals surface area contributed by atoms with E-state index < -0.39 is 42.0 Å². The van der Waals surface area contributed by atoms with Gasteiger partial charge in [0.1, 0.15) is 24.7 Å². The zero-order valence-electron chi connectivity index (χ0n) is 22.5. The summed E-state index contributed by atoms with van der Waals surface area (Å²) in [7, 11) is 1.19. The van der Waals surface area contributed by atoms with E-state index in [4.69, 9.17) is 14.7 Å². The first-order chi connectivity index (χ1) is 18.7. The molecule has 0 bridgehead atoms. The molecule has 2 aromatic carbocycles. The first-order valence-electron chi connectivity index (χ1n) is 12.8. The zero-order chi connectivity index (χ0) is 28.6. The molecule has 3 N–H and O–H groups in total. The molecule has 39 heavy (non-hydrogen) atoms. The minimum absolute atomic E-state index is 0.0290. The van der Waals surface area contributed by atoms with E-state index in [0.29, 0.717) is 6.42 Å². The van der Waals surface area contributed by atoms with E-state index in [2.05, 4.69) is 16.0 Å². The van der Waals surface area contributed by atoms with Crippen molar-refractivity contribution in [2.75, 3.05) is 7.11 Å². The molecule has 0 saturated carbocycles. The maximum absolute atomic E-state index is 13.3. The van der Waals surface area contributed by atoms with Crippen LogP contribution in [0.25, 0.3) is 0 Å². The lowest BCUT2D eigenvalue weighted by molar-refractivity contribution is -0.145. The number of esters is 1. The minimum Gasteiger partial charge on any atom is -0.467 e. The molecule has 10 heteroatoms. The predicted octanol–water partition coefficient (Wildman–Crippen LogP) is 3.02. The summed E-state index contributed by atoms with van der Waals surface area (Å²) in [4.78, 5) is 51.3. The highest BCUT2D eigenvalue weighted by atomic mass is 16.5. The van der Waals surface area contributed by atoms with Crippen LogP contribution >= 0.6 is 0 Å². The lowest BCUT2D eigenvalue weighted by Crippen LogP contribution is -2.56. The second kappa shape index (κ2) is 16.5. The van der Waals surface area contributed by atoms with Crippen molar-refractivity contribution in [1.29, 1.82) is 5.26 Å². The van der Waals surface area contributed by atoms with E-state index in [1.54, 1.807) is 0 Å². The Labute approximate surface area is 229 Å². The van der Waals surface area contributed by atoms with Crippen molar-refractivity contribution in [3.63, 3.8) is 0 Å². The van der Waals surface area contributed by atoms with Gasteiger partial charge in [0.2, 0.25) is 11.8 Å². The van der Waals surface area contributed by atoms with Crippen molar-refractivity contribution < 1.29 is 28.7 Å². The number of hydrogen-bond acceptors (Lipinski definition) is 7. The molecule has 208 valence electrons. The van der Waals surface area contributed by atoms with E-state index in [1.165, 1.54) is 7.11 Å². The molecule has 0 spiro atoms. The molecule has 3 atom stereocenters. The number of nitriles is 1. The molecule has 0 aromatic heterocycles. The molecule has 2 rings (SSSR count). The Morgan fingerprint density at radius 1 is 0.821 bits per heavy atom. The van der Waals surface area contributed by atoms with Crippen LogP contribution in [0, 0.1) is 17.2 Å². The van der Waals surface area contributed by atoms with Crippen molar-refractivity contribution in [1.82, 2.24) is 16.0 Å². The zero-order valence-corrected chi connectivity index (χ0v) is 22.5. The summed E-state index contributed by atoms with van der Waals surface area (Å²) in [5.41, 5.74) is 1.58. The van der Waals surface area contributed by atoms with Gasteiger partial charge in [0.25, 0.3) is 0 Å². The summed E-state index contributed by atoms with van der Waals surface area (Å²) in [5, 5.41) is 16.9. The fourth-order valence-corrected chi connectivity index (χ4v) is 3.81. The first kappa shape index (κ1) is 30.8. The van der Waals surface area contributed by atoms with Gasteiger partial charge in [-0.15, -0.1) is 0 Å². The monoisotopic (exact) mass is 536 g/mol. The van der Waals surface area contributed by atoms with E-state index in [1.807, 2.05) is 80.6 Å². The standard InChI is InChI=1S/C29H36N4O6/c1-20(2)17-24(33-29(37)39-19-22-13-8-5-9-14-22)26(34)32-25(18-21-11-6-4-7-12-21)27(35)31-23(15-10-16-30)28(36)38-3/h4-9,11-14,20,23-25H,10,15,17-19H2,1-3H3,(H,31,35)(H,32,34)(H,33,37)/t23-,24-,25-/m0/s1. The van der Waals surface area contributed by atoms with Crippen molar-refractivity contribution in [3.05, 3.63) is 71.8 Å². The molecule has 10 nitrogen and oxygen atoms in total. The Bertz CT molecular complexity index is 1120. The van der Waals surface area contributed by atoms with Crippen molar-refractivity contribution in [2.24, 2.45) is 5.92 Å². The van der Waals surface area contributed by atoms with Gasteiger partial charge in [0.05, 0.1) is 13.2 Å². The number of benzene rings is 2. The van der Waals surface area contributed by atoms with Crippen molar-refractivity contribution in [2.45, 2.75) is 64.3 Å². The largest absolute Gasteiger partial charge is 0.467 e. The summed E-state index contributed by atoms with van der Waals surface area (Å²) in [6.45, 7) is 3.85. The molecule has 0 aliphatic rings. The average molecular weight is 537 g/mol. The van der Waals surface area contributed by atoms with Crippen LogP contribution in [-0.2, 0) is 36.9 Å². The van der Waals surface area contributed by atoms with E-state index in [0.717, 1.165) is 11.1 Å². The molecule has 0 saturated heterocycles. The Morgan fingerprint density at radius 2 is 1.38 bits per heavy atom. The fourth-order valence-electron chi connectivity index (χ4n) is 3.81. The maximum Gasteiger partial charge on any atom is 0.408 e. The van der Waals surface area contributed by atoms with Gasteiger partial charge in [-0.2, -0.15) is 5.26 Å². The quantitative estimate of drug-likeness (QED) is 0.315. The van der Waals surface area contributed by atoms with Crippen LogP contribution in [-0.4, -0.2) is 49.1 Å². The van der Waals surface area contributed by atoms with Gasteiger partial charge >= 0.3 is 12.1 Å². The lowest BCUT2D eigenvalue weighted by Gasteiger charge is -2.25. The molecule has 0 fully saturated rings. The molecular formula is C29H36N4O6. The Balaban J connectivity index is 2.17. The number of rotatable bonds is 14. The lowest BCUT2D eigenvalue weighted by atomic mass is 10.0. The van der Waals surface area contributed by atoms with Crippen LogP contribution < -0.4 is 16.0 Å². The highest BCUT2D eigenvalue weighted by Gasteiger charge is 2.30. The molecule has 0 radical (unpaired) electrons. The predicted molar refractivity (Wildman–Crippen MR) is 144 cm³/mol. The number of nitrogens with zero attached hydrogens (tertiary/aromatic N) is 1. The molecule has 0 heterocycles. The van der Waals surface area contributed by atoms with Gasteiger partial charge in [0, 0.05) is 12.8 Å². The fraction of sp³-hybridized carbons (Fsp3) is 0.414. The molecule has 2 aromatic rings. The number of nitrogens with one attached hydrogen (secondary N) is 3. The third kappa shape index (κ3) is 11.3. The number of ether oxygens (including phenoxy) is 2. The molecule has 0 aliphatic carbocycles. The van der Waals surface area contributed by atoms with Crippen LogP contribution in [0.15, 0.2) is 60.7 Å². The number of carbonyl (C=O) groups excluding carboxylic acids is 4. The van der Waals surface area contributed by atoms with Crippen LogP contribution in [0.5, 0.6) is 0 Å². The Hall–Kier alpha value is -4.39. The SMILES string of the molecule is COC(=O)[C@H](CCC#N)NC(=O)[C@H](Cc1ccccc1)NC(=O)[C@H](CC(C)C)NC(=O)OCc1ccccc1. The highest BCUT2D eigenvalue weighted by Crippen LogP contribution is 2.10. The first-order valence-corrected chi connectivity index (χ1v) is 12.8. The van der Waals surface area contributed by atoms with E-state index in [-0.39, 0.29) is 31.8 Å². The normalized spacial score (nSPS) is 12.8. The number of hydrogen-bond donors (Lipinski definition) is 3. The van der Waals surface area contributed by atoms with E-state index >= 15 is 0 Å². The number of amides is 3. The second-order valence-corrected chi connectivity index (χ2v) is 9.42. The van der Waals surface area contributed by atoms with Gasteiger partial charge in [-0.25, -0.2) is 9.59 Å². The smallest absolute Gasteiger partial charge is 0.408 e. The summed E-state index contributed by atoms with van der Waals surface area (Å²) < 4.78 is 10.0. The van der Waals surface area contributed by atoms with Gasteiger partial charge in [-0.1, -0.05) is 74.5 Å². The van der Waals surface area contributed by atoms with Crippen LogP contribution in [0.4, 0.5) is 4.79 Å². The van der Waals surface area contributed by atoms with Gasteiger partial charge in [0.15, 0.2) is 0 Å². The van der Waals surface area contributed by atoms with Crippen LogP contribution in [0.1, 0.15) is 44.2 Å². The average Bonchev–Trinajstić information content (AvgIpc) is 2.93. The molecule has 3 amide bonds. The Kier molecular flexibility index (Phi) is 13.0. The van der Waals surface area contributed by atoms with Gasteiger partial charge in [-0.05, 0) is 29.9 Å². The Morgan fingerprint density at radius 3 is 1.95 bits per heavy atom. The summed E-state index contributed by atoms with van der Waals surface area (Å²) in [5.74, 6) is -1.83. The highest BCUT2D eigenvalue weighted by molar-refractivity contribution is 5.93. The molecular weight excluding hydrogens is 500 g/mol. The maximum atomic E-state index is 13.3. The number of carbonyl (C=O) groups is 4. The number of methoxy groups -OCH3 is 1.